The number of hydrogen-bond donors (Lipinski definition) is 1. The van der Waals surface area contributed by atoms with E-state index in [1.54, 1.807) is 36.7 Å². The van der Waals surface area contributed by atoms with E-state index in [9.17, 15) is 19.7 Å². The van der Waals surface area contributed by atoms with E-state index in [0.29, 0.717) is 23.4 Å². The van der Waals surface area contributed by atoms with Crippen LogP contribution in [0.5, 0.6) is 0 Å². The topological polar surface area (TPSA) is 105 Å². The highest BCUT2D eigenvalue weighted by Crippen LogP contribution is 2.61. The molecule has 6 rings (SSSR count). The summed E-state index contributed by atoms with van der Waals surface area (Å²) in [5.74, 6) is -1.48. The molecule has 1 amide bonds. The Balaban J connectivity index is 1.62. The molecule has 1 aromatic heterocycles. The molecular formula is C26H22N4O4. The van der Waals surface area contributed by atoms with Crippen molar-refractivity contribution in [3.8, 4) is 0 Å². The van der Waals surface area contributed by atoms with E-state index >= 15 is 0 Å². The number of Topliss-reactive ketones (excluding diaryl/α,β-unsaturated/α-hetero) is 1. The van der Waals surface area contributed by atoms with E-state index in [1.807, 2.05) is 30.3 Å². The number of fused-ring (bicyclic) bond motifs is 4. The number of hydrogen-bond acceptors (Lipinski definition) is 6. The summed E-state index contributed by atoms with van der Waals surface area (Å²) in [6.45, 7) is 0.679. The molecule has 4 heterocycles. The first-order valence-electron chi connectivity index (χ1n) is 11.4. The summed E-state index contributed by atoms with van der Waals surface area (Å²) < 4.78 is 0. The first kappa shape index (κ1) is 20.7. The maximum atomic E-state index is 14.2. The third kappa shape index (κ3) is 2.72. The lowest BCUT2D eigenvalue weighted by Gasteiger charge is -2.36. The molecule has 0 aliphatic carbocycles. The SMILES string of the molecule is O=C(c1ccncc1)C1[C@@H](c2cccc([N+](=O)[O-])c2)C2CCCN2[C@@]12C(=O)Nc1ccccc12. The van der Waals surface area contributed by atoms with Crippen LogP contribution in [0.15, 0.2) is 73.1 Å². The van der Waals surface area contributed by atoms with Gasteiger partial charge in [-0.15, -0.1) is 0 Å². The Hall–Kier alpha value is -3.91. The van der Waals surface area contributed by atoms with Gasteiger partial charge in [0.25, 0.3) is 5.69 Å². The number of anilines is 1. The number of non-ortho nitro benzene ring substituents is 1. The van der Waals surface area contributed by atoms with E-state index in [4.69, 9.17) is 0 Å². The third-order valence-electron chi connectivity index (χ3n) is 7.62. The molecule has 3 aliphatic heterocycles. The quantitative estimate of drug-likeness (QED) is 0.364. The van der Waals surface area contributed by atoms with Gasteiger partial charge in [0, 0.05) is 53.3 Å². The lowest BCUT2D eigenvalue weighted by atomic mass is 9.69. The van der Waals surface area contributed by atoms with Crippen LogP contribution in [0.3, 0.4) is 0 Å². The summed E-state index contributed by atoms with van der Waals surface area (Å²) in [5.41, 5.74) is 1.51. The minimum Gasteiger partial charge on any atom is -0.324 e. The number of rotatable bonds is 4. The van der Waals surface area contributed by atoms with Crippen molar-refractivity contribution in [2.75, 3.05) is 11.9 Å². The summed E-state index contributed by atoms with van der Waals surface area (Å²) in [6.07, 6.45) is 4.84. The Labute approximate surface area is 195 Å². The standard InChI is InChI=1S/C26H22N4O4/c31-24(16-10-12-27-13-11-16)23-22(17-5-3-6-18(15-17)30(33)34)21-9-4-14-29(21)26(23)19-7-1-2-8-20(19)28-25(26)32/h1-3,5-8,10-13,15,21-23H,4,9,14H2,(H,28,32)/t21?,22-,23?,26+/m0/s1. The monoisotopic (exact) mass is 454 g/mol. The summed E-state index contributed by atoms with van der Waals surface area (Å²) in [5, 5.41) is 14.6. The lowest BCUT2D eigenvalue weighted by molar-refractivity contribution is -0.384. The number of carbonyl (C=O) groups is 2. The van der Waals surface area contributed by atoms with Gasteiger partial charge < -0.3 is 5.32 Å². The van der Waals surface area contributed by atoms with Crippen molar-refractivity contribution in [3.63, 3.8) is 0 Å². The minimum atomic E-state index is -1.17. The van der Waals surface area contributed by atoms with E-state index in [2.05, 4.69) is 15.2 Å². The molecule has 2 fully saturated rings. The van der Waals surface area contributed by atoms with Gasteiger partial charge in [0.1, 0.15) is 5.54 Å². The van der Waals surface area contributed by atoms with Crippen LogP contribution in [0.25, 0.3) is 0 Å². The largest absolute Gasteiger partial charge is 0.324 e. The molecule has 0 radical (unpaired) electrons. The number of ketones is 1. The Bertz CT molecular complexity index is 1330. The third-order valence-corrected chi connectivity index (χ3v) is 7.62. The predicted molar refractivity (Wildman–Crippen MR) is 124 cm³/mol. The maximum absolute atomic E-state index is 14.2. The fraction of sp³-hybridized carbons (Fsp3) is 0.269. The first-order valence-corrected chi connectivity index (χ1v) is 11.4. The number of amides is 1. The lowest BCUT2D eigenvalue weighted by Crippen LogP contribution is -2.52. The minimum absolute atomic E-state index is 0.0191. The zero-order chi connectivity index (χ0) is 23.4. The van der Waals surface area contributed by atoms with Crippen LogP contribution in [0, 0.1) is 16.0 Å². The van der Waals surface area contributed by atoms with E-state index < -0.39 is 16.4 Å². The van der Waals surface area contributed by atoms with Crippen LogP contribution in [0.4, 0.5) is 11.4 Å². The van der Waals surface area contributed by atoms with Gasteiger partial charge in [0.2, 0.25) is 5.91 Å². The highest BCUT2D eigenvalue weighted by atomic mass is 16.6. The number of benzene rings is 2. The highest BCUT2D eigenvalue weighted by Gasteiger charge is 2.69. The van der Waals surface area contributed by atoms with E-state index in [1.165, 1.54) is 6.07 Å². The van der Waals surface area contributed by atoms with Crippen molar-refractivity contribution in [1.29, 1.82) is 0 Å². The Morgan fingerprint density at radius 1 is 1.12 bits per heavy atom. The molecular weight excluding hydrogens is 432 g/mol. The molecule has 2 saturated heterocycles. The average Bonchev–Trinajstić information content (AvgIpc) is 3.52. The van der Waals surface area contributed by atoms with Crippen LogP contribution in [-0.4, -0.2) is 39.1 Å². The van der Waals surface area contributed by atoms with Crippen LogP contribution in [-0.2, 0) is 10.3 Å². The van der Waals surface area contributed by atoms with Gasteiger partial charge in [-0.1, -0.05) is 30.3 Å². The maximum Gasteiger partial charge on any atom is 0.269 e. The zero-order valence-electron chi connectivity index (χ0n) is 18.3. The summed E-state index contributed by atoms with van der Waals surface area (Å²) in [4.78, 5) is 45.5. The van der Waals surface area contributed by atoms with Crippen molar-refractivity contribution >= 4 is 23.1 Å². The van der Waals surface area contributed by atoms with Crippen molar-refractivity contribution in [2.45, 2.75) is 30.3 Å². The molecule has 3 aliphatic rings. The number of nitro groups is 1. The number of nitro benzene ring substituents is 1. The fourth-order valence-corrected chi connectivity index (χ4v) is 6.43. The number of nitrogens with zero attached hydrogens (tertiary/aromatic N) is 3. The number of aromatic nitrogens is 1. The number of nitrogens with one attached hydrogen (secondary N) is 1. The van der Waals surface area contributed by atoms with Gasteiger partial charge in [-0.05, 0) is 43.1 Å². The molecule has 2 aromatic carbocycles. The summed E-state index contributed by atoms with van der Waals surface area (Å²) in [6, 6.07) is 17.3. The molecule has 170 valence electrons. The van der Waals surface area contributed by atoms with E-state index in [-0.39, 0.29) is 29.3 Å². The van der Waals surface area contributed by atoms with Gasteiger partial charge in [0.05, 0.1) is 10.8 Å². The molecule has 8 nitrogen and oxygen atoms in total. The summed E-state index contributed by atoms with van der Waals surface area (Å²) in [7, 11) is 0. The van der Waals surface area contributed by atoms with Crippen LogP contribution in [0.2, 0.25) is 0 Å². The van der Waals surface area contributed by atoms with Crippen molar-refractivity contribution in [3.05, 3.63) is 99.9 Å². The van der Waals surface area contributed by atoms with Crippen LogP contribution >= 0.6 is 0 Å². The van der Waals surface area contributed by atoms with Crippen molar-refractivity contribution in [2.24, 2.45) is 5.92 Å². The smallest absolute Gasteiger partial charge is 0.269 e. The van der Waals surface area contributed by atoms with Gasteiger partial charge >= 0.3 is 0 Å². The number of pyridine rings is 1. The molecule has 1 N–H and O–H groups in total. The fourth-order valence-electron chi connectivity index (χ4n) is 6.43. The molecule has 4 atom stereocenters. The molecule has 2 unspecified atom stereocenters. The second kappa shape index (κ2) is 7.56. The number of para-hydroxylation sites is 1. The van der Waals surface area contributed by atoms with Crippen molar-refractivity contribution < 1.29 is 14.5 Å². The Morgan fingerprint density at radius 3 is 2.71 bits per heavy atom. The van der Waals surface area contributed by atoms with Gasteiger partial charge in [0.15, 0.2) is 5.78 Å². The highest BCUT2D eigenvalue weighted by molar-refractivity contribution is 6.12. The molecule has 34 heavy (non-hydrogen) atoms. The Morgan fingerprint density at radius 2 is 1.91 bits per heavy atom. The second-order valence-corrected chi connectivity index (χ2v) is 9.12. The summed E-state index contributed by atoms with van der Waals surface area (Å²) >= 11 is 0. The molecule has 1 spiro atoms. The van der Waals surface area contributed by atoms with Crippen molar-refractivity contribution in [1.82, 2.24) is 9.88 Å². The zero-order valence-corrected chi connectivity index (χ0v) is 18.3. The van der Waals surface area contributed by atoms with Crippen LogP contribution in [0.1, 0.15) is 40.2 Å². The Kier molecular flexibility index (Phi) is 4.60. The molecule has 0 saturated carbocycles. The molecule has 3 aromatic rings. The van der Waals surface area contributed by atoms with Gasteiger partial charge in [-0.25, -0.2) is 0 Å². The second-order valence-electron chi connectivity index (χ2n) is 9.12. The molecule has 0 bridgehead atoms. The number of carbonyl (C=O) groups excluding carboxylic acids is 2. The van der Waals surface area contributed by atoms with E-state index in [0.717, 1.165) is 18.4 Å². The first-order chi connectivity index (χ1) is 16.5. The predicted octanol–water partition coefficient (Wildman–Crippen LogP) is 3.90. The average molecular weight is 454 g/mol. The van der Waals surface area contributed by atoms with Gasteiger partial charge in [-0.2, -0.15) is 0 Å². The molecule has 8 heteroatoms. The van der Waals surface area contributed by atoms with Crippen LogP contribution < -0.4 is 5.32 Å². The van der Waals surface area contributed by atoms with Gasteiger partial charge in [-0.3, -0.25) is 29.6 Å². The normalized spacial score (nSPS) is 27.4.